The van der Waals surface area contributed by atoms with Crippen LogP contribution in [0.3, 0.4) is 0 Å². The molecular formula is C16H18N8O2. The second-order valence-electron chi connectivity index (χ2n) is 6.65. The number of rotatable bonds is 3. The van der Waals surface area contributed by atoms with Gasteiger partial charge in [0, 0.05) is 19.2 Å². The van der Waals surface area contributed by atoms with Crippen LogP contribution < -0.4 is 10.5 Å². The van der Waals surface area contributed by atoms with Crippen LogP contribution in [0.4, 0.5) is 5.82 Å². The maximum absolute atomic E-state index is 12.6. The molecule has 10 heteroatoms. The molecule has 10 nitrogen and oxygen atoms in total. The molecule has 5 rings (SSSR count). The van der Waals surface area contributed by atoms with Crippen LogP contribution in [-0.2, 0) is 4.74 Å². The number of aromatic amines is 1. The van der Waals surface area contributed by atoms with E-state index in [-0.39, 0.29) is 11.2 Å². The van der Waals surface area contributed by atoms with E-state index in [4.69, 9.17) is 4.74 Å². The highest BCUT2D eigenvalue weighted by atomic mass is 16.5. The molecule has 0 bridgehead atoms. The van der Waals surface area contributed by atoms with Gasteiger partial charge in [-0.05, 0) is 19.3 Å². The highest BCUT2D eigenvalue weighted by Gasteiger charge is 2.41. The lowest BCUT2D eigenvalue weighted by molar-refractivity contribution is -0.158. The molecule has 1 spiro atoms. The second kappa shape index (κ2) is 5.77. The summed E-state index contributed by atoms with van der Waals surface area (Å²) in [4.78, 5) is 23.5. The van der Waals surface area contributed by atoms with E-state index >= 15 is 0 Å². The first-order chi connectivity index (χ1) is 12.7. The van der Waals surface area contributed by atoms with Gasteiger partial charge in [-0.3, -0.25) is 9.89 Å². The van der Waals surface area contributed by atoms with E-state index < -0.39 is 0 Å². The van der Waals surface area contributed by atoms with Crippen LogP contribution in [0.1, 0.15) is 19.3 Å². The molecule has 3 aromatic rings. The average Bonchev–Trinajstić information content (AvgIpc) is 3.30. The van der Waals surface area contributed by atoms with Crippen molar-refractivity contribution in [2.24, 2.45) is 0 Å². The normalized spacial score (nSPS) is 18.8. The van der Waals surface area contributed by atoms with Gasteiger partial charge in [0.2, 0.25) is 0 Å². The summed E-state index contributed by atoms with van der Waals surface area (Å²) in [6.45, 7) is 2.65. The highest BCUT2D eigenvalue weighted by molar-refractivity contribution is 5.44. The molecule has 0 amide bonds. The minimum atomic E-state index is -0.249. The minimum absolute atomic E-state index is 0.0927. The molecular weight excluding hydrogens is 336 g/mol. The molecule has 2 saturated heterocycles. The maximum atomic E-state index is 12.6. The summed E-state index contributed by atoms with van der Waals surface area (Å²) < 4.78 is 8.56. The molecule has 134 valence electrons. The summed E-state index contributed by atoms with van der Waals surface area (Å²) in [5, 5.41) is 10.5. The molecule has 26 heavy (non-hydrogen) atoms. The molecule has 1 N–H and O–H groups in total. The Labute approximate surface area is 148 Å². The second-order valence-corrected chi connectivity index (χ2v) is 6.65. The molecule has 0 aliphatic carbocycles. The van der Waals surface area contributed by atoms with Crippen molar-refractivity contribution in [2.45, 2.75) is 24.9 Å². The number of anilines is 1. The van der Waals surface area contributed by atoms with Crippen LogP contribution in [0.5, 0.6) is 0 Å². The van der Waals surface area contributed by atoms with Crippen LogP contribution in [0, 0.1) is 0 Å². The van der Waals surface area contributed by atoms with Crippen molar-refractivity contribution in [3.05, 3.63) is 41.3 Å². The third-order valence-electron chi connectivity index (χ3n) is 5.25. The SMILES string of the molecule is O=c1c(-n2ccnn2)c[nH]n1-c1cc(N2CCC3(CCO3)CC2)ncn1. The Hall–Kier alpha value is -3.01. The van der Waals surface area contributed by atoms with Crippen molar-refractivity contribution < 1.29 is 4.74 Å². The van der Waals surface area contributed by atoms with Crippen molar-refractivity contribution in [1.82, 2.24) is 34.7 Å². The molecule has 0 saturated carbocycles. The van der Waals surface area contributed by atoms with Gasteiger partial charge in [-0.1, -0.05) is 5.21 Å². The Kier molecular flexibility index (Phi) is 3.38. The third kappa shape index (κ3) is 2.41. The number of hydrogen-bond acceptors (Lipinski definition) is 7. The smallest absolute Gasteiger partial charge is 0.298 e. The van der Waals surface area contributed by atoms with Crippen molar-refractivity contribution in [1.29, 1.82) is 0 Å². The van der Waals surface area contributed by atoms with Crippen LogP contribution in [0.15, 0.2) is 35.8 Å². The zero-order valence-corrected chi connectivity index (χ0v) is 14.1. The summed E-state index contributed by atoms with van der Waals surface area (Å²) >= 11 is 0. The van der Waals surface area contributed by atoms with E-state index in [1.54, 1.807) is 12.4 Å². The van der Waals surface area contributed by atoms with Gasteiger partial charge in [-0.15, -0.1) is 5.10 Å². The largest absolute Gasteiger partial charge is 0.375 e. The summed E-state index contributed by atoms with van der Waals surface area (Å²) in [6, 6.07) is 1.82. The molecule has 0 aromatic carbocycles. The maximum Gasteiger partial charge on any atom is 0.298 e. The van der Waals surface area contributed by atoms with Gasteiger partial charge in [0.1, 0.15) is 12.1 Å². The van der Waals surface area contributed by atoms with Crippen molar-refractivity contribution >= 4 is 5.82 Å². The molecule has 2 fully saturated rings. The molecule has 0 unspecified atom stereocenters. The Morgan fingerprint density at radius 2 is 1.96 bits per heavy atom. The van der Waals surface area contributed by atoms with E-state index in [0.717, 1.165) is 44.8 Å². The van der Waals surface area contributed by atoms with E-state index in [1.807, 2.05) is 6.07 Å². The fourth-order valence-electron chi connectivity index (χ4n) is 3.59. The lowest BCUT2D eigenvalue weighted by atomic mass is 9.84. The van der Waals surface area contributed by atoms with Gasteiger partial charge in [-0.25, -0.2) is 14.6 Å². The molecule has 3 aromatic heterocycles. The topological polar surface area (TPSA) is 107 Å². The van der Waals surface area contributed by atoms with E-state index in [2.05, 4.69) is 30.3 Å². The van der Waals surface area contributed by atoms with E-state index in [0.29, 0.717) is 11.5 Å². The van der Waals surface area contributed by atoms with Crippen LogP contribution in [-0.4, -0.2) is 60.0 Å². The minimum Gasteiger partial charge on any atom is -0.375 e. The highest BCUT2D eigenvalue weighted by Crippen LogP contribution is 2.37. The van der Waals surface area contributed by atoms with Crippen molar-refractivity contribution in [3.8, 4) is 11.5 Å². The Balaban J connectivity index is 1.41. The standard InChI is InChI=1S/C16H18N8O2/c25-15-12(23-7-4-19-21-23)10-20-24(15)14-9-13(17-11-18-14)22-5-1-16(2-6-22)3-8-26-16/h4,7,9-11,20H,1-3,5-6,8H2. The molecule has 0 atom stereocenters. The fraction of sp³-hybridized carbons (Fsp3) is 0.438. The average molecular weight is 354 g/mol. The van der Waals surface area contributed by atoms with E-state index in [1.165, 1.54) is 21.9 Å². The molecule has 2 aliphatic rings. The summed E-state index contributed by atoms with van der Waals surface area (Å²) in [7, 11) is 0. The molecule has 0 radical (unpaired) electrons. The van der Waals surface area contributed by atoms with Gasteiger partial charge in [-0.2, -0.15) is 4.68 Å². The zero-order valence-electron chi connectivity index (χ0n) is 14.1. The summed E-state index contributed by atoms with van der Waals surface area (Å²) in [5.74, 6) is 1.31. The predicted molar refractivity (Wildman–Crippen MR) is 91.6 cm³/mol. The van der Waals surface area contributed by atoms with Gasteiger partial charge in [0.15, 0.2) is 11.5 Å². The lowest BCUT2D eigenvalue weighted by Crippen LogP contribution is -2.52. The Morgan fingerprint density at radius 1 is 1.15 bits per heavy atom. The number of hydrogen-bond donors (Lipinski definition) is 1. The predicted octanol–water partition coefficient (Wildman–Crippen LogP) is 0.296. The number of nitrogens with zero attached hydrogens (tertiary/aromatic N) is 7. The fourth-order valence-corrected chi connectivity index (χ4v) is 3.59. The monoisotopic (exact) mass is 354 g/mol. The van der Waals surface area contributed by atoms with Crippen LogP contribution in [0.25, 0.3) is 11.5 Å². The lowest BCUT2D eigenvalue weighted by Gasteiger charge is -2.47. The van der Waals surface area contributed by atoms with Crippen molar-refractivity contribution in [2.75, 3.05) is 24.6 Å². The van der Waals surface area contributed by atoms with Gasteiger partial charge in [0.05, 0.1) is 30.8 Å². The summed E-state index contributed by atoms with van der Waals surface area (Å²) in [6.07, 6.45) is 9.37. The quantitative estimate of drug-likeness (QED) is 0.721. The van der Waals surface area contributed by atoms with E-state index in [9.17, 15) is 4.79 Å². The number of aromatic nitrogens is 7. The first-order valence-corrected chi connectivity index (χ1v) is 8.63. The zero-order chi connectivity index (χ0) is 17.6. The van der Waals surface area contributed by atoms with Crippen molar-refractivity contribution in [3.63, 3.8) is 0 Å². The van der Waals surface area contributed by atoms with Crippen LogP contribution in [0.2, 0.25) is 0 Å². The summed E-state index contributed by atoms with van der Waals surface area (Å²) in [5.41, 5.74) is 0.223. The van der Waals surface area contributed by atoms with Gasteiger partial charge >= 0.3 is 0 Å². The number of H-pyrrole nitrogens is 1. The third-order valence-corrected chi connectivity index (χ3v) is 5.25. The molecule has 5 heterocycles. The Morgan fingerprint density at radius 3 is 2.65 bits per heavy atom. The van der Waals surface area contributed by atoms with Crippen LogP contribution >= 0.6 is 0 Å². The number of ether oxygens (including phenoxy) is 1. The van der Waals surface area contributed by atoms with Gasteiger partial charge < -0.3 is 9.64 Å². The van der Waals surface area contributed by atoms with Gasteiger partial charge in [0.25, 0.3) is 5.56 Å². The molecule has 2 aliphatic heterocycles. The number of piperidine rings is 1. The number of nitrogens with one attached hydrogen (secondary N) is 1. The first kappa shape index (κ1) is 15.3. The first-order valence-electron chi connectivity index (χ1n) is 8.63. The Bertz CT molecular complexity index is 962.